The van der Waals surface area contributed by atoms with Gasteiger partial charge in [0.15, 0.2) is 0 Å². The minimum absolute atomic E-state index is 0.0259. The first-order chi connectivity index (χ1) is 28.0. The Balaban J connectivity index is 0.859. The van der Waals surface area contributed by atoms with Crippen molar-refractivity contribution in [1.82, 2.24) is 30.4 Å². The first-order valence-corrected chi connectivity index (χ1v) is 19.0. The molecule has 4 aromatic rings. The van der Waals surface area contributed by atoms with Gasteiger partial charge >= 0.3 is 0 Å². The molecule has 3 aliphatic heterocycles. The largest absolute Gasteiger partial charge is 0.494 e. The molecule has 2 fully saturated rings. The van der Waals surface area contributed by atoms with Crippen LogP contribution >= 0.6 is 11.6 Å². The van der Waals surface area contributed by atoms with Crippen LogP contribution in [-0.2, 0) is 19.2 Å². The molecule has 3 aromatic carbocycles. The van der Waals surface area contributed by atoms with Crippen molar-refractivity contribution in [3.05, 3.63) is 89.0 Å². The lowest BCUT2D eigenvalue weighted by molar-refractivity contribution is -0.136. The van der Waals surface area contributed by atoms with E-state index in [4.69, 9.17) is 16.3 Å². The van der Waals surface area contributed by atoms with Crippen LogP contribution in [-0.4, -0.2) is 101 Å². The Morgan fingerprint density at radius 2 is 1.83 bits per heavy atom. The lowest BCUT2D eigenvalue weighted by Gasteiger charge is -2.31. The van der Waals surface area contributed by atoms with E-state index in [0.29, 0.717) is 59.2 Å². The van der Waals surface area contributed by atoms with E-state index in [1.54, 1.807) is 30.3 Å². The second-order valence-corrected chi connectivity index (χ2v) is 14.3. The Morgan fingerprint density at radius 3 is 2.59 bits per heavy atom. The molecule has 7 rings (SSSR count). The Hall–Kier alpha value is -6.46. The van der Waals surface area contributed by atoms with Crippen LogP contribution in [0.25, 0.3) is 10.9 Å². The van der Waals surface area contributed by atoms with Crippen molar-refractivity contribution in [2.45, 2.75) is 44.2 Å². The van der Waals surface area contributed by atoms with E-state index in [2.05, 4.69) is 41.5 Å². The van der Waals surface area contributed by atoms with Crippen molar-refractivity contribution in [2.75, 3.05) is 49.2 Å². The van der Waals surface area contributed by atoms with E-state index in [1.807, 2.05) is 0 Å². The van der Waals surface area contributed by atoms with Crippen LogP contribution < -0.4 is 31.3 Å². The normalized spacial score (nSPS) is 17.4. The SMILES string of the molecule is COc1cc2ncnc(Nc3ccc(F)c(Cl)c3)c2cc1NC(=O)/C=C/CN1CCC(NC(=O)CCNc2cccc3c2C(=O)N(C2CCC(=O)NC2=O)C3=O)CC1. The van der Waals surface area contributed by atoms with Crippen LogP contribution in [0.3, 0.4) is 0 Å². The number of ether oxygens (including phenoxy) is 1. The fourth-order valence-corrected chi connectivity index (χ4v) is 7.36. The number of nitrogens with one attached hydrogen (secondary N) is 5. The molecule has 300 valence electrons. The Labute approximate surface area is 336 Å². The van der Waals surface area contributed by atoms with Crippen LogP contribution in [0.4, 0.5) is 27.3 Å². The number of methoxy groups -OCH3 is 1. The number of amides is 6. The summed E-state index contributed by atoms with van der Waals surface area (Å²) in [5.41, 5.74) is 2.16. The number of likely N-dealkylation sites (tertiary alicyclic amines) is 1. The number of halogens is 2. The smallest absolute Gasteiger partial charge is 0.264 e. The van der Waals surface area contributed by atoms with Crippen molar-refractivity contribution in [3.8, 4) is 5.75 Å². The summed E-state index contributed by atoms with van der Waals surface area (Å²) in [6, 6.07) is 11.3. The van der Waals surface area contributed by atoms with E-state index in [0.717, 1.165) is 17.7 Å². The van der Waals surface area contributed by atoms with Crippen LogP contribution in [0.2, 0.25) is 5.02 Å². The number of benzene rings is 3. The topological polar surface area (TPSA) is 204 Å². The first kappa shape index (κ1) is 39.8. The molecular formula is C40H39ClFN9O7. The summed E-state index contributed by atoms with van der Waals surface area (Å²) in [4.78, 5) is 87.9. The Morgan fingerprint density at radius 1 is 1.02 bits per heavy atom. The summed E-state index contributed by atoms with van der Waals surface area (Å²) in [6.07, 6.45) is 6.24. The van der Waals surface area contributed by atoms with Gasteiger partial charge in [-0.1, -0.05) is 23.7 Å². The number of hydrogen-bond donors (Lipinski definition) is 5. The van der Waals surface area contributed by atoms with Gasteiger partial charge in [0.2, 0.25) is 23.6 Å². The summed E-state index contributed by atoms with van der Waals surface area (Å²) < 4.78 is 19.2. The zero-order valence-corrected chi connectivity index (χ0v) is 32.0. The fourth-order valence-electron chi connectivity index (χ4n) is 7.18. The Bertz CT molecular complexity index is 2350. The molecule has 3 aliphatic rings. The van der Waals surface area contributed by atoms with Gasteiger partial charge in [-0.2, -0.15) is 0 Å². The maximum atomic E-state index is 13.7. The monoisotopic (exact) mass is 811 g/mol. The number of rotatable bonds is 13. The molecule has 16 nitrogen and oxygen atoms in total. The van der Waals surface area contributed by atoms with Gasteiger partial charge in [-0.3, -0.25) is 43.9 Å². The number of piperidine rings is 2. The fraction of sp³-hybridized carbons (Fsp3) is 0.300. The average molecular weight is 812 g/mol. The summed E-state index contributed by atoms with van der Waals surface area (Å²) in [5, 5.41) is 14.9. The molecule has 4 heterocycles. The second-order valence-electron chi connectivity index (χ2n) is 13.9. The van der Waals surface area contributed by atoms with Gasteiger partial charge in [0.05, 0.1) is 34.5 Å². The molecule has 1 aromatic heterocycles. The zero-order valence-electron chi connectivity index (χ0n) is 31.3. The number of hydrogen-bond acceptors (Lipinski definition) is 12. The number of fused-ring (bicyclic) bond motifs is 2. The minimum atomic E-state index is -1.07. The van der Waals surface area contributed by atoms with Crippen molar-refractivity contribution in [3.63, 3.8) is 0 Å². The van der Waals surface area contributed by atoms with Crippen molar-refractivity contribution < 1.29 is 37.9 Å². The molecule has 1 unspecified atom stereocenters. The number of aromatic nitrogens is 2. The van der Waals surface area contributed by atoms with Gasteiger partial charge in [0, 0.05) is 74.0 Å². The number of carbonyl (C=O) groups excluding carboxylic acids is 6. The van der Waals surface area contributed by atoms with Crippen LogP contribution in [0.1, 0.15) is 52.8 Å². The second kappa shape index (κ2) is 17.4. The van der Waals surface area contributed by atoms with Crippen molar-refractivity contribution >= 4 is 80.8 Å². The molecule has 0 saturated carbocycles. The highest BCUT2D eigenvalue weighted by molar-refractivity contribution is 6.31. The molecule has 0 spiro atoms. The molecular weight excluding hydrogens is 773 g/mol. The molecule has 0 bridgehead atoms. The van der Waals surface area contributed by atoms with Crippen molar-refractivity contribution in [2.24, 2.45) is 0 Å². The molecule has 58 heavy (non-hydrogen) atoms. The standard InChI is InChI=1S/C40H39ClFN9O7/c1-58-32-20-29-25(37(45-21-44-29)47-23-7-8-27(42)26(41)18-23)19-30(32)48-33(52)6-3-15-50-16-12-22(13-17-50)46-35(54)11-14-43-28-5-2-4-24-36(28)40(57)51(39(24)56)31-9-10-34(53)49-38(31)55/h2-8,18-22,31,43H,9-17H2,1H3,(H,46,54)(H,48,52)(H,44,45,47)(H,49,53,55)/b6-3+. The number of nitrogens with zero attached hydrogens (tertiary/aromatic N) is 4. The van der Waals surface area contributed by atoms with Gasteiger partial charge in [-0.15, -0.1) is 0 Å². The zero-order chi connectivity index (χ0) is 40.9. The van der Waals surface area contributed by atoms with Crippen LogP contribution in [0.5, 0.6) is 5.75 Å². The highest BCUT2D eigenvalue weighted by Crippen LogP contribution is 2.34. The van der Waals surface area contributed by atoms with E-state index >= 15 is 0 Å². The number of anilines is 4. The summed E-state index contributed by atoms with van der Waals surface area (Å²) in [6.45, 7) is 2.14. The quantitative estimate of drug-likeness (QED) is 0.0955. The summed E-state index contributed by atoms with van der Waals surface area (Å²) in [7, 11) is 1.49. The Kier molecular flexibility index (Phi) is 11.9. The molecule has 1 atom stereocenters. The summed E-state index contributed by atoms with van der Waals surface area (Å²) in [5.74, 6) is -2.60. The molecule has 0 aliphatic carbocycles. The van der Waals surface area contributed by atoms with E-state index in [-0.39, 0.29) is 59.8 Å². The molecule has 5 N–H and O–H groups in total. The van der Waals surface area contributed by atoms with Gasteiger partial charge in [-0.25, -0.2) is 14.4 Å². The molecule has 18 heteroatoms. The van der Waals surface area contributed by atoms with Gasteiger partial charge in [0.1, 0.15) is 29.8 Å². The van der Waals surface area contributed by atoms with E-state index in [9.17, 15) is 33.2 Å². The van der Waals surface area contributed by atoms with Gasteiger partial charge in [0.25, 0.3) is 11.8 Å². The van der Waals surface area contributed by atoms with E-state index in [1.165, 1.54) is 43.8 Å². The van der Waals surface area contributed by atoms with Crippen LogP contribution in [0.15, 0.2) is 67.0 Å². The maximum absolute atomic E-state index is 13.7. The predicted octanol–water partition coefficient (Wildman–Crippen LogP) is 4.15. The highest BCUT2D eigenvalue weighted by atomic mass is 35.5. The van der Waals surface area contributed by atoms with Gasteiger partial charge in [-0.05, 0) is 55.7 Å². The third-order valence-corrected chi connectivity index (χ3v) is 10.4. The average Bonchev–Trinajstić information content (AvgIpc) is 3.46. The lowest BCUT2D eigenvalue weighted by Crippen LogP contribution is -2.54. The van der Waals surface area contributed by atoms with Crippen molar-refractivity contribution in [1.29, 1.82) is 0 Å². The molecule has 6 amide bonds. The maximum Gasteiger partial charge on any atom is 0.264 e. The minimum Gasteiger partial charge on any atom is -0.494 e. The molecule has 2 saturated heterocycles. The third kappa shape index (κ3) is 8.74. The van der Waals surface area contributed by atoms with E-state index < -0.39 is 35.5 Å². The number of imide groups is 2. The molecule has 0 radical (unpaired) electrons. The summed E-state index contributed by atoms with van der Waals surface area (Å²) >= 11 is 5.94. The predicted molar refractivity (Wildman–Crippen MR) is 212 cm³/mol. The van der Waals surface area contributed by atoms with Gasteiger partial charge < -0.3 is 26.0 Å². The third-order valence-electron chi connectivity index (χ3n) is 10.1. The number of carbonyl (C=O) groups is 6. The highest BCUT2D eigenvalue weighted by Gasteiger charge is 2.45. The van der Waals surface area contributed by atoms with Crippen LogP contribution in [0, 0.1) is 5.82 Å². The first-order valence-electron chi connectivity index (χ1n) is 18.6. The lowest BCUT2D eigenvalue weighted by atomic mass is 10.0.